The molecular weight excluding hydrogens is 493 g/mol. The molecule has 8 nitrogen and oxygen atoms in total. The molecule has 5 rings (SSSR count). The number of amides is 1. The van der Waals surface area contributed by atoms with Crippen molar-refractivity contribution in [3.63, 3.8) is 0 Å². The number of carboxylic acid groups (broad SMARTS) is 1. The van der Waals surface area contributed by atoms with Crippen LogP contribution in [0.2, 0.25) is 0 Å². The maximum Gasteiger partial charge on any atom is 0.408 e. The number of alkyl halides is 3. The van der Waals surface area contributed by atoms with Crippen molar-refractivity contribution in [1.82, 2.24) is 29.8 Å². The van der Waals surface area contributed by atoms with Crippen molar-refractivity contribution in [3.05, 3.63) is 54.2 Å². The molecule has 4 heterocycles. The lowest BCUT2D eigenvalue weighted by molar-refractivity contribution is -0.184. The van der Waals surface area contributed by atoms with Gasteiger partial charge in [-0.2, -0.15) is 13.2 Å². The number of halogens is 3. The number of fused-ring (bicyclic) bond motifs is 2. The first-order chi connectivity index (χ1) is 17.2. The highest BCUT2D eigenvalue weighted by atomic mass is 32.2. The molecule has 1 aliphatic rings. The van der Waals surface area contributed by atoms with Gasteiger partial charge in [0.05, 0.1) is 5.52 Å². The summed E-state index contributed by atoms with van der Waals surface area (Å²) < 4.78 is 44.2. The van der Waals surface area contributed by atoms with Crippen molar-refractivity contribution in [2.75, 3.05) is 18.8 Å². The smallest absolute Gasteiger partial charge is 0.408 e. The first kappa shape index (κ1) is 24.3. The van der Waals surface area contributed by atoms with Crippen LogP contribution in [0.5, 0.6) is 0 Å². The summed E-state index contributed by atoms with van der Waals surface area (Å²) in [5.74, 6) is 1.27. The number of rotatable bonds is 6. The second-order valence-electron chi connectivity index (χ2n) is 8.57. The molecule has 0 spiro atoms. The van der Waals surface area contributed by atoms with Crippen LogP contribution in [0.3, 0.4) is 0 Å². The van der Waals surface area contributed by atoms with Gasteiger partial charge in [0.15, 0.2) is 11.5 Å². The first-order valence-electron chi connectivity index (χ1n) is 11.4. The van der Waals surface area contributed by atoms with Crippen LogP contribution in [0.4, 0.5) is 18.0 Å². The molecule has 1 aromatic carbocycles. The van der Waals surface area contributed by atoms with E-state index < -0.39 is 24.4 Å². The summed E-state index contributed by atoms with van der Waals surface area (Å²) in [5, 5.41) is 20.5. The molecular formula is C24H23F3N6O2S. The number of benzene rings is 1. The van der Waals surface area contributed by atoms with Crippen molar-refractivity contribution >= 4 is 34.4 Å². The number of hydrogen-bond acceptors (Lipinski definition) is 6. The molecule has 1 amide bonds. The molecule has 1 saturated heterocycles. The summed E-state index contributed by atoms with van der Waals surface area (Å²) >= 11 is 1.70. The van der Waals surface area contributed by atoms with Gasteiger partial charge in [0.25, 0.3) is 0 Å². The molecule has 2 N–H and O–H groups in total. The lowest BCUT2D eigenvalue weighted by Crippen LogP contribution is -2.40. The topological polar surface area (TPSA) is 95.7 Å². The third kappa shape index (κ3) is 4.82. The number of hydrogen-bond donors (Lipinski definition) is 2. The first-order valence-corrected chi connectivity index (χ1v) is 12.4. The highest BCUT2D eigenvalue weighted by Gasteiger charge is 2.47. The third-order valence-electron chi connectivity index (χ3n) is 6.17. The lowest BCUT2D eigenvalue weighted by atomic mass is 10.1. The van der Waals surface area contributed by atoms with E-state index in [9.17, 15) is 18.0 Å². The Kier molecular flexibility index (Phi) is 6.47. The molecule has 0 radical (unpaired) electrons. The van der Waals surface area contributed by atoms with E-state index in [0.717, 1.165) is 21.6 Å². The van der Waals surface area contributed by atoms with E-state index in [1.54, 1.807) is 17.8 Å². The van der Waals surface area contributed by atoms with E-state index in [1.807, 2.05) is 24.3 Å². The molecule has 0 aliphatic carbocycles. The van der Waals surface area contributed by atoms with Crippen LogP contribution >= 0.6 is 11.8 Å². The number of nitrogens with zero attached hydrogens (tertiary/aromatic N) is 5. The maximum atomic E-state index is 14.2. The summed E-state index contributed by atoms with van der Waals surface area (Å²) in [5.41, 5.74) is 1.69. The standard InChI is InChI=1S/C24H23F3N6O2S/c1-2-36-17-6-3-14-4-7-18(29-19(14)11-17)22-31-30-20-8-5-15(12-33(20)22)21(24(25,26)27)32-10-9-16(13-32)28-23(34)35/h3-8,11-12,16,21,28H,2,9-10,13H2,1H3,(H,34,35)/t16-,21+/m0/s1. The third-order valence-corrected chi connectivity index (χ3v) is 7.04. The Balaban J connectivity index is 1.53. The normalized spacial score (nSPS) is 17.6. The van der Waals surface area contributed by atoms with Crippen LogP contribution < -0.4 is 5.32 Å². The van der Waals surface area contributed by atoms with Crippen LogP contribution in [0, 0.1) is 0 Å². The van der Waals surface area contributed by atoms with Gasteiger partial charge >= 0.3 is 12.3 Å². The van der Waals surface area contributed by atoms with Gasteiger partial charge in [-0.1, -0.05) is 25.1 Å². The molecule has 12 heteroatoms. The van der Waals surface area contributed by atoms with E-state index >= 15 is 0 Å². The Hall–Kier alpha value is -3.38. The predicted molar refractivity (Wildman–Crippen MR) is 130 cm³/mol. The highest BCUT2D eigenvalue weighted by molar-refractivity contribution is 7.99. The number of pyridine rings is 2. The number of thioether (sulfide) groups is 1. The number of carbonyl (C=O) groups is 1. The second-order valence-corrected chi connectivity index (χ2v) is 9.91. The van der Waals surface area contributed by atoms with Crippen molar-refractivity contribution in [3.8, 4) is 11.5 Å². The van der Waals surface area contributed by atoms with Crippen LogP contribution in [-0.2, 0) is 0 Å². The minimum atomic E-state index is -4.56. The van der Waals surface area contributed by atoms with Crippen LogP contribution in [-0.4, -0.2) is 66.7 Å². The maximum absolute atomic E-state index is 14.2. The SMILES string of the molecule is CCSc1ccc2ccc(-c3nnc4ccc([C@@H](N5CC[C@H](NC(=O)O)C5)C(F)(F)F)cn34)nc2c1. The predicted octanol–water partition coefficient (Wildman–Crippen LogP) is 5.00. The Morgan fingerprint density at radius 3 is 2.78 bits per heavy atom. The summed E-state index contributed by atoms with van der Waals surface area (Å²) in [7, 11) is 0. The second kappa shape index (κ2) is 9.58. The van der Waals surface area contributed by atoms with Crippen molar-refractivity contribution in [1.29, 1.82) is 0 Å². The lowest BCUT2D eigenvalue weighted by Gasteiger charge is -2.30. The zero-order valence-corrected chi connectivity index (χ0v) is 20.1. The largest absolute Gasteiger partial charge is 0.465 e. The fourth-order valence-corrected chi connectivity index (χ4v) is 5.34. The van der Waals surface area contributed by atoms with E-state index in [1.165, 1.54) is 27.6 Å². The monoisotopic (exact) mass is 516 g/mol. The van der Waals surface area contributed by atoms with Crippen LogP contribution in [0.1, 0.15) is 24.9 Å². The molecule has 2 atom stereocenters. The Morgan fingerprint density at radius 1 is 1.22 bits per heavy atom. The number of nitrogens with one attached hydrogen (secondary N) is 1. The van der Waals surface area contributed by atoms with Crippen LogP contribution in [0.15, 0.2) is 53.6 Å². The molecule has 3 aromatic heterocycles. The Morgan fingerprint density at radius 2 is 2.03 bits per heavy atom. The molecule has 1 aliphatic heterocycles. The zero-order chi connectivity index (χ0) is 25.4. The van der Waals surface area contributed by atoms with Crippen molar-refractivity contribution < 1.29 is 23.1 Å². The van der Waals surface area contributed by atoms with E-state index in [0.29, 0.717) is 23.6 Å². The minimum absolute atomic E-state index is 0.0226. The molecule has 0 saturated carbocycles. The van der Waals surface area contributed by atoms with Gasteiger partial charge in [-0.25, -0.2) is 9.78 Å². The Labute approximate surface area is 208 Å². The van der Waals surface area contributed by atoms with Crippen LogP contribution in [0.25, 0.3) is 28.1 Å². The van der Waals surface area contributed by atoms with Gasteiger partial charge < -0.3 is 10.4 Å². The van der Waals surface area contributed by atoms with Crippen molar-refractivity contribution in [2.45, 2.75) is 36.5 Å². The summed E-state index contributed by atoms with van der Waals surface area (Å²) in [6, 6.07) is 10.1. The fourth-order valence-electron chi connectivity index (χ4n) is 4.64. The molecule has 36 heavy (non-hydrogen) atoms. The molecule has 0 bridgehead atoms. The van der Waals surface area contributed by atoms with Gasteiger partial charge in [-0.05, 0) is 42.0 Å². The quantitative estimate of drug-likeness (QED) is 0.348. The minimum Gasteiger partial charge on any atom is -0.465 e. The average Bonchev–Trinajstić information content (AvgIpc) is 3.44. The summed E-state index contributed by atoms with van der Waals surface area (Å²) in [6.07, 6.45) is -4.10. The van der Waals surface area contributed by atoms with Gasteiger partial charge in [-0.15, -0.1) is 22.0 Å². The zero-order valence-electron chi connectivity index (χ0n) is 19.2. The Bertz CT molecular complexity index is 1430. The van der Waals surface area contributed by atoms with E-state index in [-0.39, 0.29) is 18.7 Å². The molecule has 0 unspecified atom stereocenters. The van der Waals surface area contributed by atoms with E-state index in [4.69, 9.17) is 10.1 Å². The molecule has 1 fully saturated rings. The van der Waals surface area contributed by atoms with Gasteiger partial charge in [0.1, 0.15) is 11.7 Å². The van der Waals surface area contributed by atoms with Crippen molar-refractivity contribution in [2.24, 2.45) is 0 Å². The highest BCUT2D eigenvalue weighted by Crippen LogP contribution is 2.39. The van der Waals surface area contributed by atoms with Gasteiger partial charge in [0.2, 0.25) is 0 Å². The number of aromatic nitrogens is 4. The van der Waals surface area contributed by atoms with Gasteiger partial charge in [0, 0.05) is 35.6 Å². The average molecular weight is 517 g/mol. The molecule has 188 valence electrons. The van der Waals surface area contributed by atoms with Gasteiger partial charge in [-0.3, -0.25) is 9.30 Å². The molecule has 4 aromatic rings. The summed E-state index contributed by atoms with van der Waals surface area (Å²) in [6.45, 7) is 2.15. The summed E-state index contributed by atoms with van der Waals surface area (Å²) in [4.78, 5) is 18.0. The van der Waals surface area contributed by atoms with E-state index in [2.05, 4.69) is 22.4 Å². The number of likely N-dealkylation sites (tertiary alicyclic amines) is 1. The fraction of sp³-hybridized carbons (Fsp3) is 0.333.